The van der Waals surface area contributed by atoms with Crippen molar-refractivity contribution < 1.29 is 9.59 Å². The molecule has 2 aliphatic rings. The minimum atomic E-state index is -0.383. The zero-order valence-corrected chi connectivity index (χ0v) is 15.3. The molecule has 1 atom stereocenters. The van der Waals surface area contributed by atoms with Crippen LogP contribution in [0.3, 0.4) is 0 Å². The third-order valence-electron chi connectivity index (χ3n) is 5.82. The summed E-state index contributed by atoms with van der Waals surface area (Å²) < 4.78 is 0. The van der Waals surface area contributed by atoms with Crippen LogP contribution in [0.15, 0.2) is 18.2 Å². The second kappa shape index (κ2) is 5.77. The number of fused-ring (bicyclic) bond motifs is 1. The molecule has 3 heterocycles. The molecule has 2 fully saturated rings. The molecule has 1 N–H and O–H groups in total. The van der Waals surface area contributed by atoms with Crippen molar-refractivity contribution in [2.24, 2.45) is 5.41 Å². The molecule has 4 rings (SSSR count). The van der Waals surface area contributed by atoms with Crippen LogP contribution in [0.5, 0.6) is 0 Å². The van der Waals surface area contributed by atoms with E-state index in [2.05, 4.69) is 4.98 Å². The lowest BCUT2D eigenvalue weighted by Crippen LogP contribution is -2.48. The van der Waals surface area contributed by atoms with Crippen molar-refractivity contribution >= 4 is 34.3 Å². The lowest BCUT2D eigenvalue weighted by atomic mass is 9.78. The minimum Gasteiger partial charge on any atom is -0.350 e. The second-order valence-corrected chi connectivity index (χ2v) is 7.84. The smallest absolute Gasteiger partial charge is 0.270 e. The molecule has 1 aromatic heterocycles. The van der Waals surface area contributed by atoms with Gasteiger partial charge in [0.15, 0.2) is 0 Å². The Morgan fingerprint density at radius 3 is 2.88 bits per heavy atom. The van der Waals surface area contributed by atoms with E-state index in [-0.39, 0.29) is 17.2 Å². The average Bonchev–Trinajstić information content (AvgIpc) is 3.15. The number of piperidine rings is 1. The van der Waals surface area contributed by atoms with Gasteiger partial charge in [0.1, 0.15) is 5.69 Å². The maximum absolute atomic E-state index is 13.1. The Hall–Kier alpha value is -2.01. The van der Waals surface area contributed by atoms with Gasteiger partial charge in [0.2, 0.25) is 5.91 Å². The molecule has 0 aliphatic carbocycles. The number of hydrogen-bond donors (Lipinski definition) is 1. The zero-order chi connectivity index (χ0) is 17.8. The highest BCUT2D eigenvalue weighted by atomic mass is 35.5. The summed E-state index contributed by atoms with van der Waals surface area (Å²) in [5.41, 5.74) is 2.04. The van der Waals surface area contributed by atoms with Gasteiger partial charge in [-0.2, -0.15) is 0 Å². The van der Waals surface area contributed by atoms with Crippen LogP contribution < -0.4 is 0 Å². The Morgan fingerprint density at radius 1 is 1.28 bits per heavy atom. The molecule has 2 amide bonds. The number of aryl methyl sites for hydroxylation is 1. The first kappa shape index (κ1) is 16.5. The Kier molecular flexibility index (Phi) is 3.80. The van der Waals surface area contributed by atoms with Crippen molar-refractivity contribution in [2.45, 2.75) is 26.2 Å². The van der Waals surface area contributed by atoms with E-state index in [0.29, 0.717) is 23.8 Å². The van der Waals surface area contributed by atoms with Gasteiger partial charge in [-0.25, -0.2) is 0 Å². The van der Waals surface area contributed by atoms with E-state index in [9.17, 15) is 9.59 Å². The first-order valence-corrected chi connectivity index (χ1v) is 9.12. The molecule has 132 valence electrons. The molecule has 2 aromatic rings. The molecule has 25 heavy (non-hydrogen) atoms. The number of nitrogens with zero attached hydrogens (tertiary/aromatic N) is 2. The van der Waals surface area contributed by atoms with Crippen LogP contribution in [0.2, 0.25) is 5.02 Å². The van der Waals surface area contributed by atoms with E-state index in [4.69, 9.17) is 11.6 Å². The summed E-state index contributed by atoms with van der Waals surface area (Å²) >= 11 is 6.08. The van der Waals surface area contributed by atoms with Gasteiger partial charge in [0.05, 0.1) is 5.41 Å². The number of hydrogen-bond acceptors (Lipinski definition) is 2. The molecule has 2 saturated heterocycles. The van der Waals surface area contributed by atoms with Crippen molar-refractivity contribution in [3.05, 3.63) is 34.5 Å². The monoisotopic (exact) mass is 359 g/mol. The van der Waals surface area contributed by atoms with Gasteiger partial charge in [-0.15, -0.1) is 0 Å². The lowest BCUT2D eigenvalue weighted by Gasteiger charge is -2.37. The van der Waals surface area contributed by atoms with Gasteiger partial charge in [-0.3, -0.25) is 9.59 Å². The Balaban J connectivity index is 1.62. The number of nitrogens with one attached hydrogen (secondary N) is 1. The quantitative estimate of drug-likeness (QED) is 0.850. The normalized spacial score (nSPS) is 23.9. The van der Waals surface area contributed by atoms with Crippen molar-refractivity contribution in [1.29, 1.82) is 0 Å². The van der Waals surface area contributed by atoms with Gasteiger partial charge in [0.25, 0.3) is 5.91 Å². The molecule has 6 heteroatoms. The molecule has 0 unspecified atom stereocenters. The molecule has 0 radical (unpaired) electrons. The second-order valence-electron chi connectivity index (χ2n) is 7.40. The Labute approximate surface area is 151 Å². The van der Waals surface area contributed by atoms with Crippen LogP contribution in [-0.2, 0) is 4.79 Å². The highest BCUT2D eigenvalue weighted by molar-refractivity contribution is 6.31. The van der Waals surface area contributed by atoms with Crippen LogP contribution in [-0.4, -0.2) is 53.3 Å². The largest absolute Gasteiger partial charge is 0.350 e. The number of likely N-dealkylation sites (tertiary alicyclic amines) is 2. The van der Waals surface area contributed by atoms with Crippen LogP contribution in [0, 0.1) is 12.3 Å². The van der Waals surface area contributed by atoms with Gasteiger partial charge in [-0.05, 0) is 49.9 Å². The highest BCUT2D eigenvalue weighted by Crippen LogP contribution is 2.40. The fourth-order valence-electron chi connectivity index (χ4n) is 4.36. The van der Waals surface area contributed by atoms with Crippen LogP contribution in [0.4, 0.5) is 0 Å². The van der Waals surface area contributed by atoms with E-state index in [1.165, 1.54) is 0 Å². The lowest BCUT2D eigenvalue weighted by molar-refractivity contribution is -0.143. The number of carbonyl (C=O) groups excluding carboxylic acids is 2. The first-order valence-electron chi connectivity index (χ1n) is 8.74. The number of rotatable bonds is 1. The molecule has 5 nitrogen and oxygen atoms in total. The number of aromatic nitrogens is 1. The number of amides is 2. The van der Waals surface area contributed by atoms with Crippen LogP contribution in [0.25, 0.3) is 10.9 Å². The maximum atomic E-state index is 13.1. The predicted molar refractivity (Wildman–Crippen MR) is 97.9 cm³/mol. The topological polar surface area (TPSA) is 56.4 Å². The van der Waals surface area contributed by atoms with E-state index < -0.39 is 0 Å². The first-order chi connectivity index (χ1) is 11.9. The average molecular weight is 360 g/mol. The van der Waals surface area contributed by atoms with E-state index >= 15 is 0 Å². The number of H-pyrrole nitrogens is 1. The van der Waals surface area contributed by atoms with Crippen molar-refractivity contribution in [2.75, 3.05) is 26.7 Å². The number of aromatic amines is 1. The predicted octanol–water partition coefficient (Wildman–Crippen LogP) is 3.21. The zero-order valence-electron chi connectivity index (χ0n) is 14.6. The van der Waals surface area contributed by atoms with Gasteiger partial charge in [-0.1, -0.05) is 11.6 Å². The van der Waals surface area contributed by atoms with Crippen molar-refractivity contribution in [3.8, 4) is 0 Å². The van der Waals surface area contributed by atoms with Crippen molar-refractivity contribution in [3.63, 3.8) is 0 Å². The maximum Gasteiger partial charge on any atom is 0.270 e. The van der Waals surface area contributed by atoms with E-state index in [0.717, 1.165) is 42.3 Å². The van der Waals surface area contributed by atoms with Crippen LogP contribution >= 0.6 is 11.6 Å². The summed E-state index contributed by atoms with van der Waals surface area (Å²) in [4.78, 5) is 32.6. The molecular weight excluding hydrogens is 338 g/mol. The number of carbonyl (C=O) groups is 2. The Bertz CT molecular complexity index is 875. The minimum absolute atomic E-state index is 0.0253. The summed E-state index contributed by atoms with van der Waals surface area (Å²) in [6.45, 7) is 3.91. The summed E-state index contributed by atoms with van der Waals surface area (Å²) in [5.74, 6) is 0.164. The standard InChI is InChI=1S/C19H22ClN3O2/c1-12-14-10-13(20)4-5-15(14)21-16(12)17(24)23-9-7-19(11-23)6-3-8-22(2)18(19)25/h4-5,10,21H,3,6-9,11H2,1-2H3/t19-/m1/s1. The van der Waals surface area contributed by atoms with Gasteiger partial charge < -0.3 is 14.8 Å². The molecule has 1 spiro atoms. The molecule has 0 saturated carbocycles. The SMILES string of the molecule is Cc1c(C(=O)N2CC[C@]3(CCCN(C)C3=O)C2)[nH]c2ccc(Cl)cc12. The van der Waals surface area contributed by atoms with Gasteiger partial charge >= 0.3 is 0 Å². The summed E-state index contributed by atoms with van der Waals surface area (Å²) in [6, 6.07) is 5.59. The summed E-state index contributed by atoms with van der Waals surface area (Å²) in [5, 5.41) is 1.63. The fourth-order valence-corrected chi connectivity index (χ4v) is 4.54. The van der Waals surface area contributed by atoms with E-state index in [1.807, 2.05) is 42.0 Å². The summed E-state index contributed by atoms with van der Waals surface area (Å²) in [7, 11) is 1.86. The molecule has 2 aliphatic heterocycles. The number of halogens is 1. The molecular formula is C19H22ClN3O2. The number of benzene rings is 1. The van der Waals surface area contributed by atoms with Crippen LogP contribution in [0.1, 0.15) is 35.3 Å². The third kappa shape index (κ3) is 2.53. The van der Waals surface area contributed by atoms with Crippen molar-refractivity contribution in [1.82, 2.24) is 14.8 Å². The van der Waals surface area contributed by atoms with Gasteiger partial charge in [0, 0.05) is 42.6 Å². The summed E-state index contributed by atoms with van der Waals surface area (Å²) in [6.07, 6.45) is 2.64. The molecule has 0 bridgehead atoms. The molecule has 1 aromatic carbocycles. The fraction of sp³-hybridized carbons (Fsp3) is 0.474. The highest BCUT2D eigenvalue weighted by Gasteiger charge is 2.48. The third-order valence-corrected chi connectivity index (χ3v) is 6.06. The van der Waals surface area contributed by atoms with E-state index in [1.54, 1.807) is 0 Å². The Morgan fingerprint density at radius 2 is 2.08 bits per heavy atom.